The van der Waals surface area contributed by atoms with Gasteiger partial charge in [0.2, 0.25) is 0 Å². The van der Waals surface area contributed by atoms with Crippen molar-refractivity contribution in [3.05, 3.63) is 59.0 Å². The summed E-state index contributed by atoms with van der Waals surface area (Å²) >= 11 is 3.36. The minimum atomic E-state index is 0.202. The highest BCUT2D eigenvalue weighted by Gasteiger charge is 2.23. The number of furan rings is 1. The van der Waals surface area contributed by atoms with Crippen LogP contribution in [0.5, 0.6) is 0 Å². The second-order valence-electron chi connectivity index (χ2n) is 7.69. The van der Waals surface area contributed by atoms with E-state index in [4.69, 9.17) is 14.1 Å². The molecule has 4 heterocycles. The quantitative estimate of drug-likeness (QED) is 0.333. The fourth-order valence-corrected chi connectivity index (χ4v) is 5.67. The van der Waals surface area contributed by atoms with Crippen LogP contribution in [0.2, 0.25) is 0 Å². The maximum Gasteiger partial charge on any atom is 0.191 e. The first-order chi connectivity index (χ1) is 15.2. The second kappa shape index (κ2) is 8.98. The molecule has 1 saturated heterocycles. The molecule has 0 amide bonds. The summed E-state index contributed by atoms with van der Waals surface area (Å²) in [5, 5.41) is 13.1. The number of ether oxygens (including phenoxy) is 1. The molecule has 1 aliphatic rings. The van der Waals surface area contributed by atoms with Gasteiger partial charge in [0.15, 0.2) is 11.0 Å². The molecule has 1 aliphatic heterocycles. The summed E-state index contributed by atoms with van der Waals surface area (Å²) in [6.45, 7) is 5.66. The number of aryl methyl sites for hydroxylation is 2. The van der Waals surface area contributed by atoms with Crippen LogP contribution < -0.4 is 0 Å². The highest BCUT2D eigenvalue weighted by Crippen LogP contribution is 2.32. The summed E-state index contributed by atoms with van der Waals surface area (Å²) in [5.41, 5.74) is 4.48. The molecular weight excluding hydrogens is 428 g/mol. The van der Waals surface area contributed by atoms with Crippen LogP contribution in [0.25, 0.3) is 22.0 Å². The van der Waals surface area contributed by atoms with Crippen molar-refractivity contribution in [1.82, 2.24) is 19.7 Å². The third-order valence-corrected chi connectivity index (χ3v) is 7.43. The van der Waals surface area contributed by atoms with E-state index in [9.17, 15) is 0 Å². The van der Waals surface area contributed by atoms with E-state index in [1.807, 2.05) is 13.0 Å². The largest absolute Gasteiger partial charge is 0.469 e. The number of aromatic nitrogens is 4. The molecule has 0 saturated carbocycles. The zero-order valence-corrected chi connectivity index (χ0v) is 19.2. The fraction of sp³-hybridized carbons (Fsp3) is 0.348. The minimum Gasteiger partial charge on any atom is -0.469 e. The van der Waals surface area contributed by atoms with E-state index in [1.54, 1.807) is 29.4 Å². The van der Waals surface area contributed by atoms with Gasteiger partial charge >= 0.3 is 0 Å². The van der Waals surface area contributed by atoms with Gasteiger partial charge in [0.1, 0.15) is 10.8 Å². The Morgan fingerprint density at radius 2 is 2.06 bits per heavy atom. The molecule has 1 fully saturated rings. The van der Waals surface area contributed by atoms with Gasteiger partial charge in [0.05, 0.1) is 30.2 Å². The molecule has 5 rings (SSSR count). The predicted molar refractivity (Wildman–Crippen MR) is 123 cm³/mol. The van der Waals surface area contributed by atoms with Crippen molar-refractivity contribution >= 4 is 23.1 Å². The first-order valence-corrected chi connectivity index (χ1v) is 12.3. The Morgan fingerprint density at radius 1 is 1.16 bits per heavy atom. The molecule has 160 valence electrons. The summed E-state index contributed by atoms with van der Waals surface area (Å²) < 4.78 is 13.6. The molecule has 1 unspecified atom stereocenters. The summed E-state index contributed by atoms with van der Waals surface area (Å²) in [6, 6.07) is 10.3. The lowest BCUT2D eigenvalue weighted by molar-refractivity contribution is 0.0953. The number of thioether (sulfide) groups is 1. The van der Waals surface area contributed by atoms with Crippen molar-refractivity contribution < 1.29 is 9.15 Å². The lowest BCUT2D eigenvalue weighted by Crippen LogP contribution is -2.16. The van der Waals surface area contributed by atoms with Crippen LogP contribution in [-0.2, 0) is 17.0 Å². The number of hydrogen-bond acceptors (Lipinski definition) is 7. The number of hydrogen-bond donors (Lipinski definition) is 0. The molecule has 0 aliphatic carbocycles. The normalized spacial score (nSPS) is 16.3. The number of rotatable bonds is 7. The molecule has 6 nitrogen and oxygen atoms in total. The summed E-state index contributed by atoms with van der Waals surface area (Å²) in [7, 11) is 0. The smallest absolute Gasteiger partial charge is 0.191 e. The summed E-state index contributed by atoms with van der Waals surface area (Å²) in [4.78, 5) is 4.86. The van der Waals surface area contributed by atoms with Gasteiger partial charge in [0, 0.05) is 23.3 Å². The first kappa shape index (κ1) is 20.5. The van der Waals surface area contributed by atoms with Gasteiger partial charge < -0.3 is 9.15 Å². The topological polar surface area (TPSA) is 66.0 Å². The zero-order chi connectivity index (χ0) is 21.2. The van der Waals surface area contributed by atoms with Crippen LogP contribution in [-0.4, -0.2) is 32.5 Å². The predicted octanol–water partition coefficient (Wildman–Crippen LogP) is 5.75. The van der Waals surface area contributed by atoms with Gasteiger partial charge in [-0.15, -0.1) is 21.5 Å². The second-order valence-corrected chi connectivity index (χ2v) is 9.49. The third kappa shape index (κ3) is 4.33. The average Bonchev–Trinajstić information content (AvgIpc) is 3.56. The third-order valence-electron chi connectivity index (χ3n) is 5.50. The number of benzene rings is 1. The monoisotopic (exact) mass is 452 g/mol. The molecule has 1 aromatic carbocycles. The average molecular weight is 453 g/mol. The Bertz CT molecular complexity index is 1170. The van der Waals surface area contributed by atoms with Crippen LogP contribution in [0.15, 0.2) is 51.5 Å². The SMILES string of the molecule is Cc1ccccc1-c1nc(CSc2nnc(-c3ccoc3C)n2CC2CCCO2)cs1. The molecule has 3 aromatic heterocycles. The van der Waals surface area contributed by atoms with Gasteiger partial charge in [-0.3, -0.25) is 4.57 Å². The Labute approximate surface area is 189 Å². The van der Waals surface area contributed by atoms with Crippen LogP contribution in [0.1, 0.15) is 29.9 Å². The lowest BCUT2D eigenvalue weighted by Gasteiger charge is -2.14. The van der Waals surface area contributed by atoms with Crippen molar-refractivity contribution in [1.29, 1.82) is 0 Å². The molecule has 0 radical (unpaired) electrons. The van der Waals surface area contributed by atoms with Crippen molar-refractivity contribution in [2.24, 2.45) is 0 Å². The van der Waals surface area contributed by atoms with Crippen molar-refractivity contribution in [3.63, 3.8) is 0 Å². The Morgan fingerprint density at radius 3 is 2.84 bits per heavy atom. The Balaban J connectivity index is 1.37. The minimum absolute atomic E-state index is 0.202. The van der Waals surface area contributed by atoms with Gasteiger partial charge in [-0.2, -0.15) is 0 Å². The summed E-state index contributed by atoms with van der Waals surface area (Å²) in [6.07, 6.45) is 4.08. The van der Waals surface area contributed by atoms with E-state index in [0.29, 0.717) is 0 Å². The van der Waals surface area contributed by atoms with Crippen molar-refractivity contribution in [2.45, 2.75) is 50.2 Å². The van der Waals surface area contributed by atoms with Crippen molar-refractivity contribution in [3.8, 4) is 22.0 Å². The van der Waals surface area contributed by atoms with E-state index in [1.165, 1.54) is 11.1 Å². The Hall–Kier alpha value is -2.42. The van der Waals surface area contributed by atoms with E-state index >= 15 is 0 Å². The van der Waals surface area contributed by atoms with Crippen LogP contribution in [0, 0.1) is 13.8 Å². The summed E-state index contributed by atoms with van der Waals surface area (Å²) in [5.74, 6) is 2.43. The molecule has 0 spiro atoms. The molecule has 1 atom stereocenters. The highest BCUT2D eigenvalue weighted by atomic mass is 32.2. The number of nitrogens with zero attached hydrogens (tertiary/aromatic N) is 4. The molecule has 8 heteroatoms. The Kier molecular flexibility index (Phi) is 5.93. The molecule has 4 aromatic rings. The fourth-order valence-electron chi connectivity index (χ4n) is 3.82. The zero-order valence-electron chi connectivity index (χ0n) is 17.6. The van der Waals surface area contributed by atoms with Gasteiger partial charge in [-0.1, -0.05) is 36.0 Å². The molecule has 0 N–H and O–H groups in total. The van der Waals surface area contributed by atoms with Crippen LogP contribution >= 0.6 is 23.1 Å². The van der Waals surface area contributed by atoms with E-state index in [2.05, 4.69) is 51.3 Å². The van der Waals surface area contributed by atoms with E-state index in [0.717, 1.165) is 64.8 Å². The highest BCUT2D eigenvalue weighted by molar-refractivity contribution is 7.98. The molecule has 0 bridgehead atoms. The maximum atomic E-state index is 5.89. The van der Waals surface area contributed by atoms with Gasteiger partial charge in [0.25, 0.3) is 0 Å². The van der Waals surface area contributed by atoms with Gasteiger partial charge in [-0.25, -0.2) is 4.98 Å². The van der Waals surface area contributed by atoms with Crippen molar-refractivity contribution in [2.75, 3.05) is 6.61 Å². The first-order valence-electron chi connectivity index (χ1n) is 10.4. The van der Waals surface area contributed by atoms with E-state index < -0.39 is 0 Å². The van der Waals surface area contributed by atoms with Gasteiger partial charge in [-0.05, 0) is 38.3 Å². The molecule has 31 heavy (non-hydrogen) atoms. The molecular formula is C23H24N4O2S2. The lowest BCUT2D eigenvalue weighted by atomic mass is 10.1. The van der Waals surface area contributed by atoms with Crippen LogP contribution in [0.4, 0.5) is 0 Å². The maximum absolute atomic E-state index is 5.89. The standard InChI is InChI=1S/C23H24N4O2S2/c1-15-6-3-4-8-19(15)22-24-17(13-30-22)14-31-23-26-25-21(20-9-11-28-16(20)2)27(23)12-18-7-5-10-29-18/h3-4,6,8-9,11,13,18H,5,7,10,12,14H2,1-2H3. The number of thiazole rings is 1. The van der Waals surface area contributed by atoms with E-state index in [-0.39, 0.29) is 6.10 Å². The van der Waals surface area contributed by atoms with Crippen LogP contribution in [0.3, 0.4) is 0 Å².